The Balaban J connectivity index is 2.83. The lowest BCUT2D eigenvalue weighted by molar-refractivity contribution is -0.138. The lowest BCUT2D eigenvalue weighted by Gasteiger charge is -2.16. The minimum absolute atomic E-state index is 0.0761. The number of aliphatic carboxylic acids is 1. The number of rotatable bonds is 5. The van der Waals surface area contributed by atoms with Crippen molar-refractivity contribution in [2.75, 3.05) is 0 Å². The van der Waals surface area contributed by atoms with Gasteiger partial charge in [-0.25, -0.2) is 0 Å². The number of hydrogen-bond acceptors (Lipinski definition) is 2. The summed E-state index contributed by atoms with van der Waals surface area (Å²) < 4.78 is 49.1. The molecule has 0 radical (unpaired) electrons. The fraction of sp³-hybridized carbons (Fsp3) is 0.462. The summed E-state index contributed by atoms with van der Waals surface area (Å²) in [6.07, 6.45) is -4.42. The maximum absolute atomic E-state index is 12.4. The van der Waals surface area contributed by atoms with Crippen LogP contribution in [0.4, 0.5) is 13.2 Å². The first kappa shape index (κ1) is 16.7. The van der Waals surface area contributed by atoms with E-state index >= 15 is 0 Å². The second kappa shape index (κ2) is 6.39. The van der Waals surface area contributed by atoms with Crippen LogP contribution in [0.5, 0.6) is 0 Å². The van der Waals surface area contributed by atoms with Gasteiger partial charge in [-0.15, -0.1) is 0 Å². The second-order valence-corrected chi connectivity index (χ2v) is 6.28. The first-order chi connectivity index (χ1) is 9.12. The first-order valence-electron chi connectivity index (χ1n) is 5.89. The third-order valence-corrected chi connectivity index (χ3v) is 4.65. The number of alkyl halides is 3. The molecule has 0 spiro atoms. The van der Waals surface area contributed by atoms with E-state index in [1.165, 1.54) is 12.1 Å². The third-order valence-electron chi connectivity index (χ3n) is 2.72. The SMILES string of the molecule is CC(C)C(C(=O)O)S(=O)Cc1ccc(C(F)(F)F)cc1. The van der Waals surface area contributed by atoms with Gasteiger partial charge < -0.3 is 5.11 Å². The van der Waals surface area contributed by atoms with Crippen LogP contribution in [0.1, 0.15) is 25.0 Å². The Kier molecular flexibility index (Phi) is 5.33. The van der Waals surface area contributed by atoms with E-state index < -0.39 is 33.8 Å². The Morgan fingerprint density at radius 1 is 1.25 bits per heavy atom. The van der Waals surface area contributed by atoms with Gasteiger partial charge in [0.15, 0.2) is 0 Å². The quantitative estimate of drug-likeness (QED) is 0.909. The van der Waals surface area contributed by atoms with Gasteiger partial charge in [-0.1, -0.05) is 26.0 Å². The molecule has 0 aliphatic carbocycles. The van der Waals surface area contributed by atoms with Gasteiger partial charge in [-0.2, -0.15) is 13.2 Å². The molecule has 2 unspecified atom stereocenters. The summed E-state index contributed by atoms with van der Waals surface area (Å²) >= 11 is 0. The van der Waals surface area contributed by atoms with Gasteiger partial charge in [-0.05, 0) is 23.6 Å². The molecule has 0 bridgehead atoms. The van der Waals surface area contributed by atoms with Crippen molar-refractivity contribution in [1.82, 2.24) is 0 Å². The molecule has 0 saturated heterocycles. The Morgan fingerprint density at radius 2 is 1.75 bits per heavy atom. The van der Waals surface area contributed by atoms with Gasteiger partial charge in [0.1, 0.15) is 5.25 Å². The van der Waals surface area contributed by atoms with Crippen LogP contribution in [-0.4, -0.2) is 20.5 Å². The minimum Gasteiger partial charge on any atom is -0.480 e. The molecule has 1 N–H and O–H groups in total. The van der Waals surface area contributed by atoms with Crippen LogP contribution in [0.2, 0.25) is 0 Å². The highest BCUT2D eigenvalue weighted by Crippen LogP contribution is 2.29. The normalized spacial score (nSPS) is 15.1. The van der Waals surface area contributed by atoms with Crippen LogP contribution in [0.3, 0.4) is 0 Å². The average molecular weight is 308 g/mol. The summed E-state index contributed by atoms with van der Waals surface area (Å²) in [5.41, 5.74) is -0.367. The lowest BCUT2D eigenvalue weighted by Crippen LogP contribution is -2.31. The highest BCUT2D eigenvalue weighted by atomic mass is 32.2. The highest BCUT2D eigenvalue weighted by Gasteiger charge is 2.31. The molecule has 20 heavy (non-hydrogen) atoms. The molecule has 112 valence electrons. The molecule has 1 aromatic rings. The summed E-state index contributed by atoms with van der Waals surface area (Å²) in [4.78, 5) is 11.0. The molecule has 0 aliphatic heterocycles. The Bertz CT molecular complexity index is 495. The molecule has 2 atom stereocenters. The molecule has 7 heteroatoms. The average Bonchev–Trinajstić information content (AvgIpc) is 2.26. The predicted molar refractivity (Wildman–Crippen MR) is 69.6 cm³/mol. The maximum Gasteiger partial charge on any atom is 0.416 e. The smallest absolute Gasteiger partial charge is 0.416 e. The van der Waals surface area contributed by atoms with Gasteiger partial charge in [0.2, 0.25) is 0 Å². The van der Waals surface area contributed by atoms with Crippen LogP contribution in [0.25, 0.3) is 0 Å². The maximum atomic E-state index is 12.4. The molecular weight excluding hydrogens is 293 g/mol. The van der Waals surface area contributed by atoms with Gasteiger partial charge in [-0.3, -0.25) is 9.00 Å². The Morgan fingerprint density at radius 3 is 2.10 bits per heavy atom. The highest BCUT2D eigenvalue weighted by molar-refractivity contribution is 7.85. The first-order valence-corrected chi connectivity index (χ1v) is 7.27. The molecular formula is C13H15F3O3S. The van der Waals surface area contributed by atoms with Crippen molar-refractivity contribution in [2.24, 2.45) is 5.92 Å². The lowest BCUT2D eigenvalue weighted by atomic mass is 10.1. The number of hydrogen-bond donors (Lipinski definition) is 1. The van der Waals surface area contributed by atoms with E-state index in [-0.39, 0.29) is 11.7 Å². The summed E-state index contributed by atoms with van der Waals surface area (Å²) in [6.45, 7) is 3.28. The van der Waals surface area contributed by atoms with E-state index in [0.717, 1.165) is 12.1 Å². The van der Waals surface area contributed by atoms with Crippen molar-refractivity contribution in [3.8, 4) is 0 Å². The number of carboxylic acid groups (broad SMARTS) is 1. The minimum atomic E-state index is -4.42. The standard InChI is InChI=1S/C13H15F3O3S/c1-8(2)11(12(17)18)20(19)7-9-3-5-10(6-4-9)13(14,15)16/h3-6,8,11H,7H2,1-2H3,(H,17,18). The van der Waals surface area contributed by atoms with Gasteiger partial charge >= 0.3 is 12.1 Å². The molecule has 0 amide bonds. The fourth-order valence-corrected chi connectivity index (χ4v) is 3.28. The molecule has 1 aromatic carbocycles. The Labute approximate surface area is 117 Å². The summed E-state index contributed by atoms with van der Waals surface area (Å²) in [5, 5.41) is 7.97. The monoisotopic (exact) mass is 308 g/mol. The zero-order chi connectivity index (χ0) is 15.5. The van der Waals surface area contributed by atoms with E-state index in [4.69, 9.17) is 5.11 Å². The number of carbonyl (C=O) groups is 1. The summed E-state index contributed by atoms with van der Waals surface area (Å²) in [5.74, 6) is -1.55. The molecule has 3 nitrogen and oxygen atoms in total. The van der Waals surface area contributed by atoms with E-state index in [0.29, 0.717) is 5.56 Å². The molecule has 0 heterocycles. The second-order valence-electron chi connectivity index (χ2n) is 4.72. The van der Waals surface area contributed by atoms with Crippen molar-refractivity contribution >= 4 is 16.8 Å². The van der Waals surface area contributed by atoms with Crippen LogP contribution in [0, 0.1) is 5.92 Å². The molecule has 0 saturated carbocycles. The number of halogens is 3. The zero-order valence-corrected chi connectivity index (χ0v) is 11.8. The van der Waals surface area contributed by atoms with Gasteiger partial charge in [0.05, 0.1) is 5.56 Å². The topological polar surface area (TPSA) is 54.4 Å². The van der Waals surface area contributed by atoms with Crippen LogP contribution >= 0.6 is 0 Å². The fourth-order valence-electron chi connectivity index (χ4n) is 1.75. The van der Waals surface area contributed by atoms with Crippen LogP contribution in [-0.2, 0) is 27.5 Å². The number of carboxylic acids is 1. The largest absolute Gasteiger partial charge is 0.480 e. The van der Waals surface area contributed by atoms with E-state index in [1.807, 2.05) is 0 Å². The van der Waals surface area contributed by atoms with Crippen molar-refractivity contribution < 1.29 is 27.3 Å². The molecule has 0 aromatic heterocycles. The van der Waals surface area contributed by atoms with Gasteiger partial charge in [0, 0.05) is 16.6 Å². The molecule has 1 rings (SSSR count). The van der Waals surface area contributed by atoms with E-state index in [1.54, 1.807) is 13.8 Å². The zero-order valence-electron chi connectivity index (χ0n) is 11.0. The van der Waals surface area contributed by atoms with Crippen molar-refractivity contribution in [3.63, 3.8) is 0 Å². The number of benzene rings is 1. The Hall–Kier alpha value is -1.37. The van der Waals surface area contributed by atoms with Crippen molar-refractivity contribution in [3.05, 3.63) is 35.4 Å². The summed E-state index contributed by atoms with van der Waals surface area (Å²) in [7, 11) is -1.68. The molecule has 0 fully saturated rings. The van der Waals surface area contributed by atoms with Crippen LogP contribution < -0.4 is 0 Å². The molecule has 0 aliphatic rings. The third kappa shape index (κ3) is 4.33. The van der Waals surface area contributed by atoms with Gasteiger partial charge in [0.25, 0.3) is 0 Å². The van der Waals surface area contributed by atoms with Crippen LogP contribution in [0.15, 0.2) is 24.3 Å². The van der Waals surface area contributed by atoms with E-state index in [9.17, 15) is 22.2 Å². The van der Waals surface area contributed by atoms with Crippen molar-refractivity contribution in [2.45, 2.75) is 31.0 Å². The predicted octanol–water partition coefficient (Wildman–Crippen LogP) is 3.06. The summed E-state index contributed by atoms with van der Waals surface area (Å²) in [6, 6.07) is 4.25. The van der Waals surface area contributed by atoms with E-state index in [2.05, 4.69) is 0 Å². The van der Waals surface area contributed by atoms with Crippen molar-refractivity contribution in [1.29, 1.82) is 0 Å².